The second-order valence-electron chi connectivity index (χ2n) is 12.2. The lowest BCUT2D eigenvalue weighted by Crippen LogP contribution is -2.35. The van der Waals surface area contributed by atoms with Gasteiger partial charge in [-0.15, -0.1) is 0 Å². The minimum atomic E-state index is -0.973. The number of aliphatic hydroxyl groups excluding tert-OH is 1. The van der Waals surface area contributed by atoms with E-state index in [4.69, 9.17) is 5.11 Å². The molecule has 1 atom stereocenters. The van der Waals surface area contributed by atoms with Gasteiger partial charge in [0.1, 0.15) is 0 Å². The maximum atomic E-state index is 13.1. The molecule has 0 bridgehead atoms. The molecule has 0 amide bonds. The van der Waals surface area contributed by atoms with Crippen LogP contribution < -0.4 is 10.2 Å². The van der Waals surface area contributed by atoms with Gasteiger partial charge in [-0.25, -0.2) is 4.79 Å². The van der Waals surface area contributed by atoms with Crippen LogP contribution in [0.25, 0.3) is 6.08 Å². The first-order chi connectivity index (χ1) is 18.8. The van der Waals surface area contributed by atoms with Gasteiger partial charge in [-0.05, 0) is 88.4 Å². The summed E-state index contributed by atoms with van der Waals surface area (Å²) >= 11 is 0. The largest absolute Gasteiger partial charge is 0.478 e. The van der Waals surface area contributed by atoms with Gasteiger partial charge >= 0.3 is 5.97 Å². The van der Waals surface area contributed by atoms with Gasteiger partial charge in [-0.1, -0.05) is 58.0 Å². The summed E-state index contributed by atoms with van der Waals surface area (Å²) in [6, 6.07) is 18.2. The first-order valence-electron chi connectivity index (χ1n) is 13.7. The van der Waals surface area contributed by atoms with Crippen molar-refractivity contribution < 1.29 is 19.8 Å². The maximum Gasteiger partial charge on any atom is 0.335 e. The van der Waals surface area contributed by atoms with E-state index in [9.17, 15) is 14.7 Å². The van der Waals surface area contributed by atoms with E-state index in [2.05, 4.69) is 39.1 Å². The van der Waals surface area contributed by atoms with Crippen molar-refractivity contribution in [3.8, 4) is 0 Å². The van der Waals surface area contributed by atoms with Crippen LogP contribution in [0.5, 0.6) is 0 Å². The van der Waals surface area contributed by atoms with Crippen LogP contribution in [0, 0.1) is 0 Å². The molecular weight excluding hydrogens is 500 g/mol. The zero-order chi connectivity index (χ0) is 29.2. The number of hydrogen-bond acceptors (Lipinski definition) is 5. The third kappa shape index (κ3) is 6.28. The summed E-state index contributed by atoms with van der Waals surface area (Å²) in [6.07, 6.45) is 4.67. The van der Waals surface area contributed by atoms with Gasteiger partial charge in [-0.2, -0.15) is 0 Å². The average molecular weight is 541 g/mol. The molecule has 4 rings (SSSR count). The van der Waals surface area contributed by atoms with Gasteiger partial charge in [0.15, 0.2) is 5.78 Å². The van der Waals surface area contributed by atoms with Gasteiger partial charge < -0.3 is 20.4 Å². The number of fused-ring (bicyclic) bond motifs is 1. The molecule has 0 fully saturated rings. The lowest BCUT2D eigenvalue weighted by molar-refractivity contribution is 0.0696. The number of carboxylic acids is 1. The first-order valence-corrected chi connectivity index (χ1v) is 13.7. The molecule has 6 heteroatoms. The Balaban J connectivity index is 1.65. The SMILES string of the molecule is CN(C)c1ccc(C(=O)CNc2cc(C(O)C=Cc3ccc(C(=O)O)cc3)cc3c2C(C)(C)CCC3(C)C)cc1. The summed E-state index contributed by atoms with van der Waals surface area (Å²) in [5, 5.41) is 23.8. The summed E-state index contributed by atoms with van der Waals surface area (Å²) in [7, 11) is 3.94. The molecule has 210 valence electrons. The Morgan fingerprint density at radius 2 is 1.52 bits per heavy atom. The summed E-state index contributed by atoms with van der Waals surface area (Å²) in [5.41, 5.74) is 6.54. The van der Waals surface area contributed by atoms with E-state index in [1.807, 2.05) is 49.3 Å². The third-order valence-electron chi connectivity index (χ3n) is 8.06. The Labute approximate surface area is 237 Å². The second-order valence-corrected chi connectivity index (χ2v) is 12.2. The monoisotopic (exact) mass is 540 g/mol. The van der Waals surface area contributed by atoms with Crippen LogP contribution in [0.3, 0.4) is 0 Å². The highest BCUT2D eigenvalue weighted by atomic mass is 16.4. The van der Waals surface area contributed by atoms with Crippen LogP contribution in [0.2, 0.25) is 0 Å². The van der Waals surface area contributed by atoms with Crippen LogP contribution in [0.4, 0.5) is 11.4 Å². The van der Waals surface area contributed by atoms with Crippen molar-refractivity contribution in [3.63, 3.8) is 0 Å². The van der Waals surface area contributed by atoms with E-state index in [0.29, 0.717) is 5.56 Å². The number of aliphatic hydroxyl groups is 1. The molecule has 0 aliphatic heterocycles. The number of ketones is 1. The first kappa shape index (κ1) is 29.1. The smallest absolute Gasteiger partial charge is 0.335 e. The molecule has 1 aliphatic carbocycles. The number of aromatic carboxylic acids is 1. The number of Topliss-reactive ketones (excluding diaryl/α,β-unsaturated/α-hetero) is 1. The molecule has 6 nitrogen and oxygen atoms in total. The van der Waals surface area contributed by atoms with Gasteiger partial charge in [0.2, 0.25) is 0 Å². The molecule has 0 heterocycles. The Morgan fingerprint density at radius 3 is 2.12 bits per heavy atom. The van der Waals surface area contributed by atoms with Crippen molar-refractivity contribution >= 4 is 29.2 Å². The highest BCUT2D eigenvalue weighted by Crippen LogP contribution is 2.49. The predicted octanol–water partition coefficient (Wildman–Crippen LogP) is 6.84. The lowest BCUT2D eigenvalue weighted by atomic mass is 9.62. The van der Waals surface area contributed by atoms with Crippen molar-refractivity contribution in [2.75, 3.05) is 30.9 Å². The average Bonchev–Trinajstić information content (AvgIpc) is 2.92. The normalized spacial score (nSPS) is 16.3. The Bertz CT molecular complexity index is 1420. The molecule has 1 aliphatic rings. The van der Waals surface area contributed by atoms with E-state index in [0.717, 1.165) is 35.3 Å². The van der Waals surface area contributed by atoms with Crippen molar-refractivity contribution in [3.05, 3.63) is 100 Å². The van der Waals surface area contributed by atoms with E-state index >= 15 is 0 Å². The Morgan fingerprint density at radius 1 is 0.925 bits per heavy atom. The van der Waals surface area contributed by atoms with Crippen LogP contribution in [0.15, 0.2) is 66.7 Å². The van der Waals surface area contributed by atoms with Gasteiger partial charge in [-0.3, -0.25) is 4.79 Å². The van der Waals surface area contributed by atoms with Gasteiger partial charge in [0.05, 0.1) is 18.2 Å². The van der Waals surface area contributed by atoms with Gasteiger partial charge in [0.25, 0.3) is 0 Å². The zero-order valence-corrected chi connectivity index (χ0v) is 24.3. The molecule has 0 saturated heterocycles. The molecule has 0 saturated carbocycles. The molecule has 0 spiro atoms. The molecule has 1 unspecified atom stereocenters. The summed E-state index contributed by atoms with van der Waals surface area (Å²) in [4.78, 5) is 26.3. The standard InChI is InChI=1S/C34H40N2O4/c1-33(2)17-18-34(3,4)31-27(33)19-25(29(37)16-9-22-7-10-24(11-8-22)32(39)40)20-28(31)35-21-30(38)23-12-14-26(15-13-23)36(5)6/h7-16,19-20,29,35,37H,17-18,21H2,1-6H3,(H,39,40). The maximum absolute atomic E-state index is 13.1. The number of carboxylic acid groups (broad SMARTS) is 1. The van der Waals surface area contributed by atoms with E-state index < -0.39 is 12.1 Å². The van der Waals surface area contributed by atoms with Crippen molar-refractivity contribution in [1.82, 2.24) is 0 Å². The second kappa shape index (κ2) is 11.3. The fourth-order valence-corrected chi connectivity index (χ4v) is 5.40. The lowest BCUT2D eigenvalue weighted by Gasteiger charge is -2.43. The van der Waals surface area contributed by atoms with E-state index in [1.165, 1.54) is 11.1 Å². The molecule has 3 aromatic carbocycles. The summed E-state index contributed by atoms with van der Waals surface area (Å²) in [5.74, 6) is -0.971. The number of rotatable bonds is 9. The highest BCUT2D eigenvalue weighted by molar-refractivity contribution is 5.99. The van der Waals surface area contributed by atoms with Crippen molar-refractivity contribution in [2.45, 2.75) is 57.5 Å². The molecule has 3 N–H and O–H groups in total. The van der Waals surface area contributed by atoms with E-state index in [-0.39, 0.29) is 28.7 Å². The third-order valence-corrected chi connectivity index (χ3v) is 8.06. The minimum absolute atomic E-state index is 0.00240. The quantitative estimate of drug-likeness (QED) is 0.258. The number of nitrogens with one attached hydrogen (secondary N) is 1. The number of nitrogens with zero attached hydrogens (tertiary/aromatic N) is 1. The van der Waals surface area contributed by atoms with Crippen LogP contribution in [0.1, 0.15) is 89.6 Å². The predicted molar refractivity (Wildman–Crippen MR) is 163 cm³/mol. The number of carbonyl (C=O) groups excluding carboxylic acids is 1. The molecule has 0 aromatic heterocycles. The molecule has 40 heavy (non-hydrogen) atoms. The fourth-order valence-electron chi connectivity index (χ4n) is 5.40. The summed E-state index contributed by atoms with van der Waals surface area (Å²) < 4.78 is 0. The van der Waals surface area contributed by atoms with E-state index in [1.54, 1.807) is 36.4 Å². The number of benzene rings is 3. The highest BCUT2D eigenvalue weighted by Gasteiger charge is 2.39. The topological polar surface area (TPSA) is 89.9 Å². The summed E-state index contributed by atoms with van der Waals surface area (Å²) in [6.45, 7) is 9.10. The van der Waals surface area contributed by atoms with Crippen molar-refractivity contribution in [2.24, 2.45) is 0 Å². The number of carbonyl (C=O) groups is 2. The van der Waals surface area contributed by atoms with Crippen LogP contribution in [-0.4, -0.2) is 42.6 Å². The van der Waals surface area contributed by atoms with Crippen molar-refractivity contribution in [1.29, 1.82) is 0 Å². The molecular formula is C34H40N2O4. The molecule has 0 radical (unpaired) electrons. The Kier molecular flexibility index (Phi) is 8.22. The van der Waals surface area contributed by atoms with Crippen LogP contribution >= 0.6 is 0 Å². The Hall–Kier alpha value is -3.90. The fraction of sp³-hybridized carbons (Fsp3) is 0.353. The minimum Gasteiger partial charge on any atom is -0.478 e. The number of anilines is 2. The van der Waals surface area contributed by atoms with Gasteiger partial charge in [0, 0.05) is 31.0 Å². The zero-order valence-electron chi connectivity index (χ0n) is 24.3. The number of hydrogen-bond donors (Lipinski definition) is 3. The van der Waals surface area contributed by atoms with Crippen LogP contribution in [-0.2, 0) is 10.8 Å². The molecule has 3 aromatic rings.